The number of hydrogen-bond acceptors (Lipinski definition) is 3. The van der Waals surface area contributed by atoms with Crippen LogP contribution in [0.2, 0.25) is 0 Å². The SMILES string of the molecule is CCNC(=NCC1CCN(S(C)(=O)=O)CC1)N(C)Cc1cccc(F)c1.I. The Labute approximate surface area is 179 Å². The average Bonchev–Trinajstić information content (AvgIpc) is 2.58. The molecule has 0 amide bonds. The second-order valence-corrected chi connectivity index (χ2v) is 8.77. The van der Waals surface area contributed by atoms with Crippen LogP contribution in [0.15, 0.2) is 29.3 Å². The molecule has 0 saturated carbocycles. The maximum atomic E-state index is 13.4. The van der Waals surface area contributed by atoms with Gasteiger partial charge >= 0.3 is 0 Å². The van der Waals surface area contributed by atoms with Crippen molar-refractivity contribution in [1.29, 1.82) is 0 Å². The first-order valence-corrected chi connectivity index (χ1v) is 10.8. The van der Waals surface area contributed by atoms with E-state index in [0.29, 0.717) is 32.1 Å². The predicted molar refractivity (Wildman–Crippen MR) is 118 cm³/mol. The highest BCUT2D eigenvalue weighted by Crippen LogP contribution is 2.19. The molecule has 2 rings (SSSR count). The van der Waals surface area contributed by atoms with E-state index in [9.17, 15) is 12.8 Å². The lowest BCUT2D eigenvalue weighted by Crippen LogP contribution is -2.40. The van der Waals surface area contributed by atoms with E-state index >= 15 is 0 Å². The summed E-state index contributed by atoms with van der Waals surface area (Å²) < 4.78 is 38.1. The van der Waals surface area contributed by atoms with Gasteiger partial charge in [0.05, 0.1) is 6.26 Å². The second-order valence-electron chi connectivity index (χ2n) is 6.79. The quantitative estimate of drug-likeness (QED) is 0.362. The molecule has 0 atom stereocenters. The molecular formula is C18H30FIN4O2S. The molecule has 154 valence electrons. The van der Waals surface area contributed by atoms with E-state index in [0.717, 1.165) is 30.9 Å². The van der Waals surface area contributed by atoms with Crippen LogP contribution in [0.25, 0.3) is 0 Å². The summed E-state index contributed by atoms with van der Waals surface area (Å²) in [7, 11) is -1.17. The van der Waals surface area contributed by atoms with Crippen molar-refractivity contribution in [2.75, 3.05) is 39.5 Å². The molecule has 0 unspecified atom stereocenters. The lowest BCUT2D eigenvalue weighted by molar-refractivity contribution is 0.279. The van der Waals surface area contributed by atoms with Crippen LogP contribution in [0, 0.1) is 11.7 Å². The molecule has 1 aromatic rings. The topological polar surface area (TPSA) is 65.0 Å². The van der Waals surface area contributed by atoms with Gasteiger partial charge in [-0.05, 0) is 43.4 Å². The molecule has 1 saturated heterocycles. The van der Waals surface area contributed by atoms with Crippen LogP contribution in [0.5, 0.6) is 0 Å². The third-order valence-electron chi connectivity index (χ3n) is 4.55. The van der Waals surface area contributed by atoms with Crippen molar-refractivity contribution in [2.45, 2.75) is 26.3 Å². The third-order valence-corrected chi connectivity index (χ3v) is 5.85. The van der Waals surface area contributed by atoms with Gasteiger partial charge in [-0.15, -0.1) is 24.0 Å². The minimum atomic E-state index is -3.09. The van der Waals surface area contributed by atoms with E-state index < -0.39 is 10.0 Å². The molecular weight excluding hydrogens is 482 g/mol. The van der Waals surface area contributed by atoms with Crippen molar-refractivity contribution in [3.05, 3.63) is 35.6 Å². The van der Waals surface area contributed by atoms with Gasteiger partial charge in [-0.3, -0.25) is 4.99 Å². The molecule has 6 nitrogen and oxygen atoms in total. The summed E-state index contributed by atoms with van der Waals surface area (Å²) in [6.07, 6.45) is 2.91. The lowest BCUT2D eigenvalue weighted by atomic mass is 9.98. The highest BCUT2D eigenvalue weighted by molar-refractivity contribution is 14.0. The van der Waals surface area contributed by atoms with Crippen molar-refractivity contribution in [2.24, 2.45) is 10.9 Å². The van der Waals surface area contributed by atoms with Gasteiger partial charge in [0, 0.05) is 39.8 Å². The van der Waals surface area contributed by atoms with Crippen molar-refractivity contribution in [3.63, 3.8) is 0 Å². The summed E-state index contributed by atoms with van der Waals surface area (Å²) in [5.74, 6) is 0.919. The lowest BCUT2D eigenvalue weighted by Gasteiger charge is -2.30. The number of nitrogens with zero attached hydrogens (tertiary/aromatic N) is 3. The summed E-state index contributed by atoms with van der Waals surface area (Å²) in [5, 5.41) is 3.27. The van der Waals surface area contributed by atoms with Crippen LogP contribution in [0.1, 0.15) is 25.3 Å². The van der Waals surface area contributed by atoms with Gasteiger partial charge < -0.3 is 10.2 Å². The van der Waals surface area contributed by atoms with Crippen LogP contribution < -0.4 is 5.32 Å². The normalized spacial score (nSPS) is 16.7. The van der Waals surface area contributed by atoms with E-state index in [4.69, 9.17) is 4.99 Å². The Morgan fingerprint density at radius 1 is 1.37 bits per heavy atom. The van der Waals surface area contributed by atoms with Crippen molar-refractivity contribution in [3.8, 4) is 0 Å². The molecule has 1 aliphatic rings. The zero-order valence-electron chi connectivity index (χ0n) is 16.2. The molecule has 1 aromatic carbocycles. The summed E-state index contributed by atoms with van der Waals surface area (Å²) in [5.41, 5.74) is 0.888. The van der Waals surface area contributed by atoms with E-state index in [1.807, 2.05) is 24.9 Å². The first-order chi connectivity index (χ1) is 12.3. The molecule has 0 aromatic heterocycles. The van der Waals surface area contributed by atoms with E-state index in [1.165, 1.54) is 22.7 Å². The zero-order valence-corrected chi connectivity index (χ0v) is 19.3. The highest BCUT2D eigenvalue weighted by atomic mass is 127. The van der Waals surface area contributed by atoms with Gasteiger partial charge in [0.25, 0.3) is 0 Å². The Hall–Kier alpha value is -0.940. The Bertz CT molecular complexity index is 722. The summed E-state index contributed by atoms with van der Waals surface area (Å²) in [6, 6.07) is 6.56. The first-order valence-electron chi connectivity index (χ1n) is 8.98. The molecule has 27 heavy (non-hydrogen) atoms. The van der Waals surface area contributed by atoms with Gasteiger partial charge in [0.1, 0.15) is 5.82 Å². The van der Waals surface area contributed by atoms with Crippen LogP contribution in [-0.4, -0.2) is 63.1 Å². The number of guanidine groups is 1. The standard InChI is InChI=1S/C18H29FN4O2S.HI/c1-4-20-18(22(2)14-16-6-5-7-17(19)12-16)21-13-15-8-10-23(11-9-15)26(3,24)25;/h5-7,12,15H,4,8-11,13-14H2,1-3H3,(H,20,21);1H. The third kappa shape index (κ3) is 7.90. The Balaban J connectivity index is 0.00000364. The van der Waals surface area contributed by atoms with Gasteiger partial charge in [0.15, 0.2) is 5.96 Å². The fourth-order valence-electron chi connectivity index (χ4n) is 3.09. The van der Waals surface area contributed by atoms with Gasteiger partial charge in [-0.2, -0.15) is 0 Å². The number of hydrogen-bond donors (Lipinski definition) is 1. The second kappa shape index (κ2) is 11.2. The van der Waals surface area contributed by atoms with Gasteiger partial charge in [-0.25, -0.2) is 17.1 Å². The number of rotatable bonds is 6. The minimum absolute atomic E-state index is 0. The average molecular weight is 512 g/mol. The molecule has 0 spiro atoms. The summed E-state index contributed by atoms with van der Waals surface area (Å²) >= 11 is 0. The molecule has 1 N–H and O–H groups in total. The Morgan fingerprint density at radius 3 is 2.59 bits per heavy atom. The van der Waals surface area contributed by atoms with Crippen LogP contribution in [0.4, 0.5) is 4.39 Å². The molecule has 0 aliphatic carbocycles. The van der Waals surface area contributed by atoms with E-state index in [2.05, 4.69) is 5.32 Å². The van der Waals surface area contributed by atoms with Crippen molar-refractivity contribution < 1.29 is 12.8 Å². The molecule has 0 radical (unpaired) electrons. The summed E-state index contributed by atoms with van der Waals surface area (Å²) in [4.78, 5) is 6.69. The highest BCUT2D eigenvalue weighted by Gasteiger charge is 2.24. The minimum Gasteiger partial charge on any atom is -0.357 e. The van der Waals surface area contributed by atoms with Crippen molar-refractivity contribution in [1.82, 2.24) is 14.5 Å². The number of nitrogens with one attached hydrogen (secondary N) is 1. The molecule has 9 heteroatoms. The monoisotopic (exact) mass is 512 g/mol. The Kier molecular flexibility index (Phi) is 9.96. The number of benzene rings is 1. The summed E-state index contributed by atoms with van der Waals surface area (Å²) in [6.45, 7) is 5.11. The van der Waals surface area contributed by atoms with Crippen molar-refractivity contribution >= 4 is 40.0 Å². The fourth-order valence-corrected chi connectivity index (χ4v) is 3.97. The van der Waals surface area contributed by atoms with Gasteiger partial charge in [0.2, 0.25) is 10.0 Å². The fraction of sp³-hybridized carbons (Fsp3) is 0.611. The van der Waals surface area contributed by atoms with Crippen LogP contribution >= 0.6 is 24.0 Å². The molecule has 1 heterocycles. The van der Waals surface area contributed by atoms with E-state index in [-0.39, 0.29) is 29.8 Å². The molecule has 1 aliphatic heterocycles. The number of piperidine rings is 1. The largest absolute Gasteiger partial charge is 0.357 e. The maximum absolute atomic E-state index is 13.4. The molecule has 0 bridgehead atoms. The van der Waals surface area contributed by atoms with Crippen LogP contribution in [0.3, 0.4) is 0 Å². The zero-order chi connectivity index (χ0) is 19.2. The Morgan fingerprint density at radius 2 is 2.04 bits per heavy atom. The number of sulfonamides is 1. The maximum Gasteiger partial charge on any atom is 0.211 e. The smallest absolute Gasteiger partial charge is 0.211 e. The number of halogens is 2. The van der Waals surface area contributed by atoms with Crippen LogP contribution in [-0.2, 0) is 16.6 Å². The van der Waals surface area contributed by atoms with E-state index in [1.54, 1.807) is 6.07 Å². The number of aliphatic imine (C=N–C) groups is 1. The predicted octanol–water partition coefficient (Wildman–Crippen LogP) is 2.51. The molecule has 1 fully saturated rings. The van der Waals surface area contributed by atoms with Gasteiger partial charge in [-0.1, -0.05) is 12.1 Å². The first kappa shape index (κ1) is 24.1.